The number of hydrogen-bond acceptors (Lipinski definition) is 7. The summed E-state index contributed by atoms with van der Waals surface area (Å²) < 4.78 is 66.4. The topological polar surface area (TPSA) is 91.1 Å². The Bertz CT molecular complexity index is 1570. The minimum Gasteiger partial charge on any atom is -0.475 e. The van der Waals surface area contributed by atoms with Gasteiger partial charge in [-0.3, -0.25) is 9.58 Å². The molecular weight excluding hydrogens is 661 g/mol. The molecule has 2 saturated heterocycles. The molecule has 1 aliphatic carbocycles. The molecule has 2 aliphatic heterocycles. The van der Waals surface area contributed by atoms with Gasteiger partial charge in [-0.25, -0.2) is 18.4 Å². The van der Waals surface area contributed by atoms with Gasteiger partial charge in [0, 0.05) is 67.3 Å². The molecule has 1 unspecified atom stereocenters. The zero-order valence-corrected chi connectivity index (χ0v) is 27.1. The first kappa shape index (κ1) is 35.4. The van der Waals surface area contributed by atoms with Crippen LogP contribution in [-0.4, -0.2) is 89.8 Å². The van der Waals surface area contributed by atoms with Gasteiger partial charge >= 0.3 is 18.1 Å². The number of alkyl halides is 5. The number of carbonyl (C=O) groups excluding carboxylic acids is 1. The molecule has 260 valence electrons. The molecule has 0 radical (unpaired) electrons. The van der Waals surface area contributed by atoms with Crippen LogP contribution < -0.4 is 9.80 Å². The zero-order chi connectivity index (χ0) is 34.6. The summed E-state index contributed by atoms with van der Waals surface area (Å²) in [5.74, 6) is -3.53. The fourth-order valence-corrected chi connectivity index (χ4v) is 6.43. The maximum absolute atomic E-state index is 14.2. The molecule has 0 spiro atoms. The molecule has 0 bridgehead atoms. The number of hydrogen-bond donors (Lipinski definition) is 1. The number of aliphatic carboxylic acids is 1. The number of halogens is 6. The van der Waals surface area contributed by atoms with E-state index in [0.29, 0.717) is 18.0 Å². The van der Waals surface area contributed by atoms with Gasteiger partial charge in [-0.15, -0.1) is 0 Å². The smallest absolute Gasteiger partial charge is 0.475 e. The van der Waals surface area contributed by atoms with E-state index in [-0.39, 0.29) is 23.9 Å². The monoisotopic (exact) mass is 697 g/mol. The van der Waals surface area contributed by atoms with E-state index in [9.17, 15) is 26.7 Å². The van der Waals surface area contributed by atoms with Gasteiger partial charge in [0.15, 0.2) is 0 Å². The van der Waals surface area contributed by atoms with Crippen molar-refractivity contribution < 1.29 is 41.4 Å². The Hall–Kier alpha value is -3.91. The van der Waals surface area contributed by atoms with Crippen molar-refractivity contribution in [3.05, 3.63) is 64.9 Å². The molecule has 3 aliphatic rings. The first-order valence-corrected chi connectivity index (χ1v) is 16.2. The Kier molecular flexibility index (Phi) is 11.1. The number of benzene rings is 2. The number of carboxylic acids is 1. The van der Waals surface area contributed by atoms with Crippen LogP contribution in [0.4, 0.5) is 33.3 Å². The Morgan fingerprint density at radius 3 is 2.23 bits per heavy atom. The highest BCUT2D eigenvalue weighted by Gasteiger charge is 2.38. The molecule has 1 aromatic heterocycles. The molecule has 15 heteroatoms. The van der Waals surface area contributed by atoms with Crippen LogP contribution in [0.5, 0.6) is 0 Å². The molecule has 3 fully saturated rings. The number of nitrogens with zero attached hydrogens (tertiary/aromatic N) is 5. The first-order valence-electron chi connectivity index (χ1n) is 15.8. The summed E-state index contributed by atoms with van der Waals surface area (Å²) in [6, 6.07) is 15.1. The lowest BCUT2D eigenvalue weighted by Gasteiger charge is -2.37. The van der Waals surface area contributed by atoms with E-state index in [0.717, 1.165) is 62.0 Å². The van der Waals surface area contributed by atoms with Crippen molar-refractivity contribution in [3.63, 3.8) is 0 Å². The quantitative estimate of drug-likeness (QED) is 0.197. The van der Waals surface area contributed by atoms with Crippen molar-refractivity contribution in [1.82, 2.24) is 14.7 Å². The molecule has 1 saturated carbocycles. The zero-order valence-electron chi connectivity index (χ0n) is 26.3. The molecule has 1 N–H and O–H groups in total. The molecule has 1 atom stereocenters. The fraction of sp³-hybridized carbons (Fsp3) is 0.485. The van der Waals surface area contributed by atoms with Crippen molar-refractivity contribution in [2.75, 3.05) is 55.7 Å². The maximum atomic E-state index is 14.2. The molecule has 2 aromatic carbocycles. The average molecular weight is 698 g/mol. The Balaban J connectivity index is 0.000000582. The molecule has 48 heavy (non-hydrogen) atoms. The number of piperazine rings is 1. The van der Waals surface area contributed by atoms with Crippen LogP contribution in [0.2, 0.25) is 5.02 Å². The summed E-state index contributed by atoms with van der Waals surface area (Å²) >= 11 is 6.47. The average Bonchev–Trinajstić information content (AvgIpc) is 3.82. The predicted molar refractivity (Wildman–Crippen MR) is 171 cm³/mol. The van der Waals surface area contributed by atoms with E-state index in [1.807, 2.05) is 18.2 Å². The molecular formula is C33H37ClF5N5O4. The van der Waals surface area contributed by atoms with E-state index in [2.05, 4.69) is 44.1 Å². The number of ether oxygens (including phenoxy) is 1. The fourth-order valence-electron chi connectivity index (χ4n) is 6.27. The van der Waals surface area contributed by atoms with Crippen LogP contribution in [0.25, 0.3) is 11.1 Å². The minimum absolute atomic E-state index is 0.111. The van der Waals surface area contributed by atoms with Gasteiger partial charge in [0.1, 0.15) is 11.3 Å². The summed E-state index contributed by atoms with van der Waals surface area (Å²) in [4.78, 5) is 28.5. The van der Waals surface area contributed by atoms with Gasteiger partial charge < -0.3 is 19.6 Å². The minimum atomic E-state index is -5.08. The van der Waals surface area contributed by atoms with Gasteiger partial charge in [0.2, 0.25) is 0 Å². The van der Waals surface area contributed by atoms with Crippen LogP contribution in [0.15, 0.2) is 48.7 Å². The number of rotatable bonds is 8. The van der Waals surface area contributed by atoms with E-state index in [4.69, 9.17) is 26.2 Å². The SMILES string of the molecule is CCOC(=O)c1cnn(C2CCCN(c3cc(Cl)ccc3-c3ccc(N4CCN(C5CC5)CC4)cc3)C2)c1C(F)F.O=C(O)C(F)(F)F. The number of aromatic nitrogens is 2. The number of carboxylic acid groups (broad SMARTS) is 1. The maximum Gasteiger partial charge on any atom is 0.490 e. The summed E-state index contributed by atoms with van der Waals surface area (Å²) in [5.41, 5.74) is 3.77. The van der Waals surface area contributed by atoms with Crippen molar-refractivity contribution >= 4 is 34.9 Å². The van der Waals surface area contributed by atoms with Gasteiger partial charge in [-0.2, -0.15) is 18.3 Å². The third-order valence-corrected chi connectivity index (χ3v) is 8.98. The lowest BCUT2D eigenvalue weighted by Crippen LogP contribution is -2.47. The number of anilines is 2. The Labute approximate surface area is 279 Å². The van der Waals surface area contributed by atoms with Crippen molar-refractivity contribution in [3.8, 4) is 11.1 Å². The Morgan fingerprint density at radius 2 is 1.65 bits per heavy atom. The normalized spacial score (nSPS) is 18.8. The highest BCUT2D eigenvalue weighted by atomic mass is 35.5. The summed E-state index contributed by atoms with van der Waals surface area (Å²) in [5, 5.41) is 12.0. The van der Waals surface area contributed by atoms with Crippen LogP contribution in [-0.2, 0) is 9.53 Å². The molecule has 9 nitrogen and oxygen atoms in total. The van der Waals surface area contributed by atoms with Crippen LogP contribution in [0.1, 0.15) is 61.1 Å². The summed E-state index contributed by atoms with van der Waals surface area (Å²) in [6.45, 7) is 7.33. The van der Waals surface area contributed by atoms with Gasteiger partial charge in [-0.1, -0.05) is 29.8 Å². The van der Waals surface area contributed by atoms with Crippen molar-refractivity contribution in [2.45, 2.75) is 57.3 Å². The van der Waals surface area contributed by atoms with E-state index >= 15 is 0 Å². The summed E-state index contributed by atoms with van der Waals surface area (Å²) in [7, 11) is 0. The Morgan fingerprint density at radius 1 is 0.979 bits per heavy atom. The largest absolute Gasteiger partial charge is 0.490 e. The second-order valence-electron chi connectivity index (χ2n) is 11.9. The highest BCUT2D eigenvalue weighted by Crippen LogP contribution is 2.38. The first-order chi connectivity index (χ1) is 22.9. The van der Waals surface area contributed by atoms with E-state index in [1.54, 1.807) is 6.92 Å². The van der Waals surface area contributed by atoms with Gasteiger partial charge in [-0.05, 0) is 62.4 Å². The number of piperidine rings is 1. The summed E-state index contributed by atoms with van der Waals surface area (Å²) in [6.07, 6.45) is -2.56. The standard InChI is InChI=1S/C31H36ClF2N5O2.C2HF3O2/c1-2-41-31(40)27-19-35-39(29(27)30(33)34)25-4-3-13-38(20-25)28-18-22(32)7-12-26(28)21-5-8-23(9-6-21)36-14-16-37(17-15-36)24-10-11-24;3-2(4,5)1(6)7/h5-9,12,18-19,24-25,30H,2-4,10-11,13-17,20H2,1H3;(H,6,7). The highest BCUT2D eigenvalue weighted by molar-refractivity contribution is 6.31. The van der Waals surface area contributed by atoms with E-state index < -0.39 is 24.5 Å². The predicted octanol–water partition coefficient (Wildman–Crippen LogP) is 7.08. The third-order valence-electron chi connectivity index (χ3n) is 8.74. The lowest BCUT2D eigenvalue weighted by molar-refractivity contribution is -0.192. The molecule has 3 aromatic rings. The molecule has 0 amide bonds. The second-order valence-corrected chi connectivity index (χ2v) is 12.4. The van der Waals surface area contributed by atoms with Crippen LogP contribution >= 0.6 is 11.6 Å². The van der Waals surface area contributed by atoms with Crippen molar-refractivity contribution in [2.24, 2.45) is 0 Å². The second kappa shape index (κ2) is 15.1. The van der Waals surface area contributed by atoms with Gasteiger partial charge in [0.25, 0.3) is 6.43 Å². The molecule has 6 rings (SSSR count). The van der Waals surface area contributed by atoms with Crippen molar-refractivity contribution in [1.29, 1.82) is 0 Å². The lowest BCUT2D eigenvalue weighted by atomic mass is 9.99. The van der Waals surface area contributed by atoms with E-state index in [1.165, 1.54) is 29.4 Å². The van der Waals surface area contributed by atoms with Gasteiger partial charge in [0.05, 0.1) is 18.8 Å². The third kappa shape index (κ3) is 8.38. The molecule has 3 heterocycles. The van der Waals surface area contributed by atoms with Crippen LogP contribution in [0, 0.1) is 0 Å². The number of esters is 1. The number of carbonyl (C=O) groups is 2. The van der Waals surface area contributed by atoms with Crippen LogP contribution in [0.3, 0.4) is 0 Å².